The second kappa shape index (κ2) is 5.96. The molecular formula is C16H15NO2. The third kappa shape index (κ3) is 3.78. The summed E-state index contributed by atoms with van der Waals surface area (Å²) in [6.07, 6.45) is 4.22. The van der Waals surface area contributed by atoms with Crippen molar-refractivity contribution in [2.75, 3.05) is 0 Å². The molecule has 1 N–H and O–H groups in total. The Balaban J connectivity index is 2.11. The van der Waals surface area contributed by atoms with Crippen LogP contribution in [0.1, 0.15) is 23.7 Å². The van der Waals surface area contributed by atoms with Gasteiger partial charge in [-0.05, 0) is 36.3 Å². The number of nitrogens with zero attached hydrogens (tertiary/aromatic N) is 1. The standard InChI is InChI=1S/C16H15NO2/c1-12(16(18)19)10-13-5-7-14(8-6-13)11-15-4-2-3-9-17-15/h2-10H,11H2,1H3,(H,18,19). The number of carbonyl (C=O) groups is 1. The molecule has 0 unspecified atom stereocenters. The van der Waals surface area contributed by atoms with Gasteiger partial charge in [-0.25, -0.2) is 4.79 Å². The zero-order valence-corrected chi connectivity index (χ0v) is 10.7. The second-order valence-corrected chi connectivity index (χ2v) is 4.37. The molecule has 0 fully saturated rings. The molecule has 0 radical (unpaired) electrons. The Morgan fingerprint density at radius 1 is 1.21 bits per heavy atom. The van der Waals surface area contributed by atoms with Gasteiger partial charge in [-0.3, -0.25) is 4.98 Å². The maximum Gasteiger partial charge on any atom is 0.331 e. The number of carboxylic acids is 1. The van der Waals surface area contributed by atoms with Crippen molar-refractivity contribution < 1.29 is 9.90 Å². The summed E-state index contributed by atoms with van der Waals surface area (Å²) in [5.74, 6) is -0.891. The minimum Gasteiger partial charge on any atom is -0.478 e. The third-order valence-corrected chi connectivity index (χ3v) is 2.81. The van der Waals surface area contributed by atoms with Crippen molar-refractivity contribution in [3.8, 4) is 0 Å². The first-order valence-electron chi connectivity index (χ1n) is 6.05. The number of benzene rings is 1. The highest BCUT2D eigenvalue weighted by atomic mass is 16.4. The second-order valence-electron chi connectivity index (χ2n) is 4.37. The minimum absolute atomic E-state index is 0.331. The summed E-state index contributed by atoms with van der Waals surface area (Å²) in [4.78, 5) is 15.0. The molecule has 0 amide bonds. The molecule has 0 saturated carbocycles. The van der Waals surface area contributed by atoms with E-state index in [0.29, 0.717) is 5.57 Å². The van der Waals surface area contributed by atoms with Crippen LogP contribution in [-0.2, 0) is 11.2 Å². The molecule has 3 heteroatoms. The van der Waals surface area contributed by atoms with Crippen LogP contribution in [0.4, 0.5) is 0 Å². The van der Waals surface area contributed by atoms with E-state index < -0.39 is 5.97 Å². The molecule has 0 spiro atoms. The van der Waals surface area contributed by atoms with E-state index in [1.807, 2.05) is 42.5 Å². The van der Waals surface area contributed by atoms with Gasteiger partial charge in [-0.1, -0.05) is 30.3 Å². The van der Waals surface area contributed by atoms with E-state index in [1.165, 1.54) is 0 Å². The molecular weight excluding hydrogens is 238 g/mol. The molecule has 3 nitrogen and oxygen atoms in total. The van der Waals surface area contributed by atoms with Crippen LogP contribution in [0, 0.1) is 0 Å². The van der Waals surface area contributed by atoms with Crippen LogP contribution in [0.2, 0.25) is 0 Å². The van der Waals surface area contributed by atoms with E-state index in [9.17, 15) is 4.79 Å². The van der Waals surface area contributed by atoms with Gasteiger partial charge in [0, 0.05) is 23.9 Å². The van der Waals surface area contributed by atoms with E-state index in [-0.39, 0.29) is 0 Å². The Morgan fingerprint density at radius 3 is 2.53 bits per heavy atom. The lowest BCUT2D eigenvalue weighted by Crippen LogP contribution is -1.95. The third-order valence-electron chi connectivity index (χ3n) is 2.81. The fourth-order valence-corrected chi connectivity index (χ4v) is 1.76. The average molecular weight is 253 g/mol. The minimum atomic E-state index is -0.891. The molecule has 2 rings (SSSR count). The average Bonchev–Trinajstić information content (AvgIpc) is 2.42. The Hall–Kier alpha value is -2.42. The first-order valence-corrected chi connectivity index (χ1v) is 6.05. The number of hydrogen-bond acceptors (Lipinski definition) is 2. The van der Waals surface area contributed by atoms with Gasteiger partial charge < -0.3 is 5.11 Å². The fraction of sp³-hybridized carbons (Fsp3) is 0.125. The zero-order valence-electron chi connectivity index (χ0n) is 10.7. The van der Waals surface area contributed by atoms with Gasteiger partial charge in [-0.15, -0.1) is 0 Å². The molecule has 0 aliphatic rings. The largest absolute Gasteiger partial charge is 0.478 e. The number of aromatic nitrogens is 1. The lowest BCUT2D eigenvalue weighted by molar-refractivity contribution is -0.132. The van der Waals surface area contributed by atoms with Crippen molar-refractivity contribution >= 4 is 12.0 Å². The van der Waals surface area contributed by atoms with Crippen LogP contribution in [0.15, 0.2) is 54.2 Å². The Morgan fingerprint density at radius 2 is 1.95 bits per heavy atom. The van der Waals surface area contributed by atoms with Crippen molar-refractivity contribution in [1.29, 1.82) is 0 Å². The maximum absolute atomic E-state index is 10.7. The van der Waals surface area contributed by atoms with E-state index in [1.54, 1.807) is 19.2 Å². The monoisotopic (exact) mass is 253 g/mol. The number of rotatable bonds is 4. The Kier molecular flexibility index (Phi) is 4.08. The van der Waals surface area contributed by atoms with Crippen molar-refractivity contribution in [1.82, 2.24) is 4.98 Å². The first-order chi connectivity index (χ1) is 9.15. The predicted octanol–water partition coefficient (Wildman–Crippen LogP) is 3.16. The number of hydrogen-bond donors (Lipinski definition) is 1. The van der Waals surface area contributed by atoms with Crippen LogP contribution in [0.3, 0.4) is 0 Å². The lowest BCUT2D eigenvalue weighted by atomic mass is 10.1. The molecule has 19 heavy (non-hydrogen) atoms. The first kappa shape index (κ1) is 13.0. The summed E-state index contributed by atoms with van der Waals surface area (Å²) in [5.41, 5.74) is 3.40. The van der Waals surface area contributed by atoms with E-state index in [0.717, 1.165) is 23.2 Å². The molecule has 1 aromatic heterocycles. The summed E-state index contributed by atoms with van der Waals surface area (Å²) >= 11 is 0. The van der Waals surface area contributed by atoms with Crippen LogP contribution < -0.4 is 0 Å². The fourth-order valence-electron chi connectivity index (χ4n) is 1.76. The van der Waals surface area contributed by atoms with Crippen molar-refractivity contribution in [2.24, 2.45) is 0 Å². The van der Waals surface area contributed by atoms with Gasteiger partial charge in [0.15, 0.2) is 0 Å². The molecule has 0 bridgehead atoms. The highest BCUT2D eigenvalue weighted by molar-refractivity contribution is 5.91. The number of carboxylic acid groups (broad SMARTS) is 1. The van der Waals surface area contributed by atoms with Gasteiger partial charge in [0.2, 0.25) is 0 Å². The molecule has 2 aromatic rings. The van der Waals surface area contributed by atoms with Crippen LogP contribution in [0.5, 0.6) is 0 Å². The molecule has 0 atom stereocenters. The Bertz CT molecular complexity index is 586. The van der Waals surface area contributed by atoms with Gasteiger partial charge in [0.25, 0.3) is 0 Å². The molecule has 1 aromatic carbocycles. The summed E-state index contributed by atoms with van der Waals surface area (Å²) in [5, 5.41) is 8.82. The van der Waals surface area contributed by atoms with Gasteiger partial charge in [0.1, 0.15) is 0 Å². The van der Waals surface area contributed by atoms with Crippen LogP contribution >= 0.6 is 0 Å². The normalized spacial score (nSPS) is 11.3. The van der Waals surface area contributed by atoms with Gasteiger partial charge >= 0.3 is 5.97 Å². The highest BCUT2D eigenvalue weighted by Gasteiger charge is 2.00. The summed E-state index contributed by atoms with van der Waals surface area (Å²) < 4.78 is 0. The maximum atomic E-state index is 10.7. The molecule has 1 heterocycles. The summed E-state index contributed by atoms with van der Waals surface area (Å²) in [7, 11) is 0. The summed E-state index contributed by atoms with van der Waals surface area (Å²) in [6, 6.07) is 13.7. The topological polar surface area (TPSA) is 50.2 Å². The lowest BCUT2D eigenvalue weighted by Gasteiger charge is -2.02. The zero-order chi connectivity index (χ0) is 13.7. The van der Waals surface area contributed by atoms with Crippen molar-refractivity contribution in [3.63, 3.8) is 0 Å². The SMILES string of the molecule is CC(=Cc1ccc(Cc2ccccn2)cc1)C(=O)O. The van der Waals surface area contributed by atoms with E-state index in [2.05, 4.69) is 4.98 Å². The molecule has 0 aliphatic heterocycles. The number of pyridine rings is 1. The van der Waals surface area contributed by atoms with Crippen molar-refractivity contribution in [3.05, 3.63) is 71.1 Å². The van der Waals surface area contributed by atoms with Crippen molar-refractivity contribution in [2.45, 2.75) is 13.3 Å². The molecule has 0 saturated heterocycles. The van der Waals surface area contributed by atoms with Crippen LogP contribution in [-0.4, -0.2) is 16.1 Å². The molecule has 96 valence electrons. The highest BCUT2D eigenvalue weighted by Crippen LogP contribution is 2.12. The molecule has 0 aliphatic carbocycles. The van der Waals surface area contributed by atoms with Crippen LogP contribution in [0.25, 0.3) is 6.08 Å². The predicted molar refractivity (Wildman–Crippen MR) is 74.8 cm³/mol. The van der Waals surface area contributed by atoms with Gasteiger partial charge in [-0.2, -0.15) is 0 Å². The van der Waals surface area contributed by atoms with E-state index >= 15 is 0 Å². The summed E-state index contributed by atoms with van der Waals surface area (Å²) in [6.45, 7) is 1.59. The Labute approximate surface area is 112 Å². The van der Waals surface area contributed by atoms with E-state index in [4.69, 9.17) is 5.11 Å². The number of aliphatic carboxylic acids is 1. The quantitative estimate of drug-likeness (QED) is 0.851. The smallest absolute Gasteiger partial charge is 0.331 e. The van der Waals surface area contributed by atoms with Gasteiger partial charge in [0.05, 0.1) is 0 Å².